The molecule has 8 nitrogen and oxygen atoms in total. The summed E-state index contributed by atoms with van der Waals surface area (Å²) in [6, 6.07) is 5.60. The maximum atomic E-state index is 11.8. The number of hydrogen-bond acceptors (Lipinski definition) is 6. The smallest absolute Gasteiger partial charge is 0.220 e. The molecule has 0 radical (unpaired) electrons. The van der Waals surface area contributed by atoms with Crippen LogP contribution in [0.15, 0.2) is 23.1 Å². The summed E-state index contributed by atoms with van der Waals surface area (Å²) in [5.41, 5.74) is 2.30. The van der Waals surface area contributed by atoms with Crippen molar-refractivity contribution >= 4 is 39.6 Å². The fraction of sp³-hybridized carbons (Fsp3) is 0.500. The van der Waals surface area contributed by atoms with Crippen LogP contribution in [0.2, 0.25) is 0 Å². The molecule has 0 aliphatic carbocycles. The molecule has 0 fully saturated rings. The van der Waals surface area contributed by atoms with Crippen LogP contribution in [0.25, 0.3) is 16.7 Å². The van der Waals surface area contributed by atoms with Gasteiger partial charge in [-0.05, 0) is 49.0 Å². The zero-order valence-electron chi connectivity index (χ0n) is 17.4. The van der Waals surface area contributed by atoms with Crippen molar-refractivity contribution in [2.45, 2.75) is 44.9 Å². The summed E-state index contributed by atoms with van der Waals surface area (Å²) in [6.45, 7) is 7.35. The van der Waals surface area contributed by atoms with E-state index in [9.17, 15) is 9.35 Å². The number of hydrogen-bond donors (Lipinski definition) is 2. The molecule has 2 aromatic heterocycles. The van der Waals surface area contributed by atoms with Crippen LogP contribution in [0, 0.1) is 12.8 Å². The molecule has 3 aromatic rings. The van der Waals surface area contributed by atoms with Crippen molar-refractivity contribution in [2.24, 2.45) is 5.92 Å². The SMILES string of the molecule is Cc1nnc2c(NCCCCNC(=O)CC(C)C)nc3cc([S+](C)[O-])ccc3n12. The highest BCUT2D eigenvalue weighted by Gasteiger charge is 2.15. The first-order valence-corrected chi connectivity index (χ1v) is 11.4. The van der Waals surface area contributed by atoms with Crippen molar-refractivity contribution in [1.29, 1.82) is 0 Å². The van der Waals surface area contributed by atoms with Crippen LogP contribution in [0.4, 0.5) is 5.82 Å². The Kier molecular flexibility index (Phi) is 6.92. The summed E-state index contributed by atoms with van der Waals surface area (Å²) in [5.74, 6) is 1.90. The van der Waals surface area contributed by atoms with Gasteiger partial charge >= 0.3 is 0 Å². The van der Waals surface area contributed by atoms with E-state index in [4.69, 9.17) is 4.98 Å². The van der Waals surface area contributed by atoms with Gasteiger partial charge in [0.05, 0.1) is 11.0 Å². The van der Waals surface area contributed by atoms with Crippen LogP contribution < -0.4 is 10.6 Å². The largest absolute Gasteiger partial charge is 0.612 e. The molecule has 0 aliphatic rings. The molecule has 156 valence electrons. The lowest BCUT2D eigenvalue weighted by Crippen LogP contribution is -2.25. The summed E-state index contributed by atoms with van der Waals surface area (Å²) in [4.78, 5) is 17.1. The number of carbonyl (C=O) groups is 1. The van der Waals surface area contributed by atoms with Gasteiger partial charge in [0.1, 0.15) is 12.1 Å². The molecule has 0 bridgehead atoms. The number of aryl methyl sites for hydroxylation is 1. The average molecular weight is 417 g/mol. The molecule has 2 N–H and O–H groups in total. The van der Waals surface area contributed by atoms with Crippen molar-refractivity contribution in [3.05, 3.63) is 24.0 Å². The summed E-state index contributed by atoms with van der Waals surface area (Å²) < 4.78 is 13.8. The van der Waals surface area contributed by atoms with Gasteiger partial charge < -0.3 is 15.2 Å². The second-order valence-corrected chi connectivity index (χ2v) is 8.93. The molecule has 9 heteroatoms. The quantitative estimate of drug-likeness (QED) is 0.410. The van der Waals surface area contributed by atoms with Gasteiger partial charge in [-0.3, -0.25) is 9.20 Å². The van der Waals surface area contributed by atoms with E-state index in [1.807, 2.05) is 43.4 Å². The third-order valence-corrected chi connectivity index (χ3v) is 5.52. The normalized spacial score (nSPS) is 12.6. The summed E-state index contributed by atoms with van der Waals surface area (Å²) in [6.07, 6.45) is 3.99. The number of aromatic nitrogens is 4. The monoisotopic (exact) mass is 416 g/mol. The van der Waals surface area contributed by atoms with Gasteiger partial charge in [-0.25, -0.2) is 4.98 Å². The maximum absolute atomic E-state index is 11.8. The Morgan fingerprint density at radius 1 is 1.24 bits per heavy atom. The third kappa shape index (κ3) is 5.16. The summed E-state index contributed by atoms with van der Waals surface area (Å²) in [7, 11) is 0. The van der Waals surface area contributed by atoms with Gasteiger partial charge in [0, 0.05) is 25.6 Å². The van der Waals surface area contributed by atoms with E-state index in [0.717, 1.165) is 34.6 Å². The van der Waals surface area contributed by atoms with E-state index < -0.39 is 11.2 Å². The van der Waals surface area contributed by atoms with E-state index >= 15 is 0 Å². The molecule has 1 aromatic carbocycles. The van der Waals surface area contributed by atoms with E-state index in [-0.39, 0.29) is 5.91 Å². The van der Waals surface area contributed by atoms with Gasteiger partial charge in [0.2, 0.25) is 11.6 Å². The number of carbonyl (C=O) groups excluding carboxylic acids is 1. The van der Waals surface area contributed by atoms with Crippen LogP contribution in [0.1, 0.15) is 38.9 Å². The predicted molar refractivity (Wildman–Crippen MR) is 116 cm³/mol. The third-order valence-electron chi connectivity index (χ3n) is 4.60. The highest BCUT2D eigenvalue weighted by atomic mass is 32.2. The van der Waals surface area contributed by atoms with Crippen molar-refractivity contribution in [2.75, 3.05) is 24.7 Å². The van der Waals surface area contributed by atoms with Gasteiger partial charge in [0.25, 0.3) is 0 Å². The molecule has 0 saturated heterocycles. The van der Waals surface area contributed by atoms with Crippen LogP contribution >= 0.6 is 0 Å². The van der Waals surface area contributed by atoms with E-state index in [1.54, 1.807) is 6.26 Å². The van der Waals surface area contributed by atoms with E-state index in [2.05, 4.69) is 20.8 Å². The molecule has 0 aliphatic heterocycles. The van der Waals surface area contributed by atoms with E-state index in [0.29, 0.717) is 36.9 Å². The Bertz CT molecular complexity index is 1000. The number of benzene rings is 1. The molecule has 29 heavy (non-hydrogen) atoms. The number of unbranched alkanes of at least 4 members (excludes halogenated alkanes) is 1. The molecular weight excluding hydrogens is 388 g/mol. The zero-order chi connectivity index (χ0) is 21.0. The Morgan fingerprint density at radius 2 is 2.00 bits per heavy atom. The number of amides is 1. The first kappa shape index (κ1) is 21.3. The summed E-state index contributed by atoms with van der Waals surface area (Å²) >= 11 is -1.07. The standard InChI is InChI=1S/C20H28N6O2S/c1-13(2)11-18(27)21-9-5-6-10-22-19-20-25-24-14(3)26(20)17-8-7-15(29(4)28)12-16(17)23-19/h7-8,12-13H,5-6,9-11H2,1-4H3,(H,21,27)(H,22,23). The fourth-order valence-electron chi connectivity index (χ4n) is 3.18. The Balaban J connectivity index is 1.68. The van der Waals surface area contributed by atoms with Crippen LogP contribution in [0.5, 0.6) is 0 Å². The number of fused-ring (bicyclic) bond motifs is 3. The second-order valence-electron chi connectivity index (χ2n) is 7.55. The Labute approximate surface area is 173 Å². The minimum Gasteiger partial charge on any atom is -0.612 e. The van der Waals surface area contributed by atoms with Gasteiger partial charge in [-0.15, -0.1) is 10.2 Å². The first-order chi connectivity index (χ1) is 13.9. The lowest BCUT2D eigenvalue weighted by Gasteiger charge is -2.11. The van der Waals surface area contributed by atoms with Gasteiger partial charge in [0.15, 0.2) is 10.7 Å². The molecule has 0 saturated carbocycles. The lowest BCUT2D eigenvalue weighted by molar-refractivity contribution is -0.121. The highest BCUT2D eigenvalue weighted by Crippen LogP contribution is 2.24. The minimum atomic E-state index is -1.07. The van der Waals surface area contributed by atoms with E-state index in [1.165, 1.54) is 0 Å². The second kappa shape index (κ2) is 9.41. The molecule has 1 amide bonds. The molecule has 2 heterocycles. The van der Waals surface area contributed by atoms with Crippen LogP contribution in [-0.2, 0) is 16.0 Å². The zero-order valence-corrected chi connectivity index (χ0v) is 18.2. The molecule has 0 spiro atoms. The lowest BCUT2D eigenvalue weighted by atomic mass is 10.1. The van der Waals surface area contributed by atoms with Gasteiger partial charge in [-0.2, -0.15) is 0 Å². The van der Waals surface area contributed by atoms with Gasteiger partial charge in [-0.1, -0.05) is 13.8 Å². The van der Waals surface area contributed by atoms with Crippen molar-refractivity contribution in [3.8, 4) is 0 Å². The maximum Gasteiger partial charge on any atom is 0.220 e. The number of rotatable bonds is 9. The predicted octanol–water partition coefficient (Wildman–Crippen LogP) is 2.68. The fourth-order valence-corrected chi connectivity index (χ4v) is 3.72. The van der Waals surface area contributed by atoms with Crippen molar-refractivity contribution < 1.29 is 9.35 Å². The molecule has 1 atom stereocenters. The number of nitrogens with zero attached hydrogens (tertiary/aromatic N) is 4. The van der Waals surface area contributed by atoms with Crippen molar-refractivity contribution in [1.82, 2.24) is 24.9 Å². The van der Waals surface area contributed by atoms with Crippen LogP contribution in [-0.4, -0.2) is 49.4 Å². The Hall–Kier alpha value is -2.39. The Morgan fingerprint density at radius 3 is 2.72 bits per heavy atom. The molecule has 3 rings (SSSR count). The van der Waals surface area contributed by atoms with Crippen LogP contribution in [0.3, 0.4) is 0 Å². The first-order valence-electron chi connectivity index (χ1n) is 9.86. The highest BCUT2D eigenvalue weighted by molar-refractivity contribution is 7.90. The van der Waals surface area contributed by atoms with Crippen molar-refractivity contribution in [3.63, 3.8) is 0 Å². The summed E-state index contributed by atoms with van der Waals surface area (Å²) in [5, 5.41) is 14.7. The minimum absolute atomic E-state index is 0.105. The number of anilines is 1. The number of nitrogens with one attached hydrogen (secondary N) is 2. The molecule has 1 unspecified atom stereocenters. The average Bonchev–Trinajstić information content (AvgIpc) is 3.05. The molecular formula is C20H28N6O2S. The topological polar surface area (TPSA) is 107 Å².